The van der Waals surface area contributed by atoms with Gasteiger partial charge in [0.25, 0.3) is 0 Å². The predicted molar refractivity (Wildman–Crippen MR) is 109 cm³/mol. The lowest BCUT2D eigenvalue weighted by Gasteiger charge is -2.17. The molecule has 3 aromatic rings. The van der Waals surface area contributed by atoms with E-state index in [1.165, 1.54) is 12.1 Å². The van der Waals surface area contributed by atoms with Crippen molar-refractivity contribution in [1.29, 1.82) is 0 Å². The molecule has 1 fully saturated rings. The van der Waals surface area contributed by atoms with Crippen LogP contribution in [0.1, 0.15) is 24.0 Å². The highest BCUT2D eigenvalue weighted by Gasteiger charge is 2.48. The number of H-pyrrole nitrogens is 1. The van der Waals surface area contributed by atoms with Gasteiger partial charge in [0.2, 0.25) is 11.6 Å². The second kappa shape index (κ2) is 9.00. The Morgan fingerprint density at radius 2 is 1.77 bits per heavy atom. The zero-order chi connectivity index (χ0) is 20.3. The normalized spacial score (nSPS) is 13.6. The van der Waals surface area contributed by atoms with Gasteiger partial charge in [-0.2, -0.15) is 0 Å². The summed E-state index contributed by atoms with van der Waals surface area (Å²) in [5.74, 6) is 0.705. The summed E-state index contributed by atoms with van der Waals surface area (Å²) in [6.45, 7) is 0.505. The maximum atomic E-state index is 13.0. The van der Waals surface area contributed by atoms with Crippen LogP contribution in [0.15, 0.2) is 66.7 Å². The molecule has 6 nitrogen and oxygen atoms in total. The smallest absolute Gasteiger partial charge is 0.412 e. The molecule has 0 aliphatic heterocycles. The van der Waals surface area contributed by atoms with E-state index >= 15 is 0 Å². The standard InChI is InChI=1S/C22H21FN4O2.ClH/c23-17-8-6-15(7-9-17)14-25-19-11-10-18(20(24)27-19)26-21(28)29-22(12-13-22)16-4-2-1-3-5-16;/h1-11H,12-14H2,(H,26,28)(H3,24,25,27);1H. The molecule has 1 amide bonds. The predicted octanol–water partition coefficient (Wildman–Crippen LogP) is 1.08. The highest BCUT2D eigenvalue weighted by atomic mass is 35.5. The molecule has 30 heavy (non-hydrogen) atoms. The Labute approximate surface area is 180 Å². The molecule has 0 radical (unpaired) electrons. The monoisotopic (exact) mass is 428 g/mol. The van der Waals surface area contributed by atoms with Gasteiger partial charge < -0.3 is 28.2 Å². The second-order valence-corrected chi connectivity index (χ2v) is 7.05. The first-order chi connectivity index (χ1) is 14.0. The van der Waals surface area contributed by atoms with Gasteiger partial charge in [-0.3, -0.25) is 5.32 Å². The van der Waals surface area contributed by atoms with Crippen LogP contribution in [0, 0.1) is 5.82 Å². The van der Waals surface area contributed by atoms with Gasteiger partial charge in [-0.25, -0.2) is 14.2 Å². The summed E-state index contributed by atoms with van der Waals surface area (Å²) < 4.78 is 18.6. The Morgan fingerprint density at radius 3 is 2.40 bits per heavy atom. The van der Waals surface area contributed by atoms with Gasteiger partial charge in [0.15, 0.2) is 0 Å². The van der Waals surface area contributed by atoms with Crippen LogP contribution < -0.4 is 33.8 Å². The first-order valence-corrected chi connectivity index (χ1v) is 9.40. The number of carbonyl (C=O) groups excluding carboxylic acids is 1. The number of aromatic nitrogens is 1. The van der Waals surface area contributed by atoms with E-state index < -0.39 is 11.7 Å². The minimum absolute atomic E-state index is 0. The van der Waals surface area contributed by atoms with Crippen LogP contribution in [-0.2, 0) is 16.9 Å². The van der Waals surface area contributed by atoms with Crippen molar-refractivity contribution in [2.45, 2.75) is 25.0 Å². The highest BCUT2D eigenvalue weighted by molar-refractivity contribution is 5.88. The van der Waals surface area contributed by atoms with Gasteiger partial charge in [0.05, 0.1) is 6.54 Å². The molecule has 4 rings (SSSR count). The lowest BCUT2D eigenvalue weighted by Crippen LogP contribution is -3.00. The van der Waals surface area contributed by atoms with E-state index in [0.29, 0.717) is 23.9 Å². The van der Waals surface area contributed by atoms with Crippen molar-refractivity contribution >= 4 is 23.4 Å². The van der Waals surface area contributed by atoms with E-state index in [1.54, 1.807) is 24.3 Å². The van der Waals surface area contributed by atoms with Gasteiger partial charge in [-0.1, -0.05) is 42.5 Å². The SMILES string of the molecule is Nc1[nH+]c(NCc2ccc(F)cc2)ccc1NC(=O)OC1(c2ccccc2)CC1.[Cl-]. The molecule has 2 aromatic carbocycles. The van der Waals surface area contributed by atoms with Gasteiger partial charge >= 0.3 is 6.09 Å². The van der Waals surface area contributed by atoms with Crippen LogP contribution in [0.3, 0.4) is 0 Å². The fourth-order valence-electron chi connectivity index (χ4n) is 3.14. The number of ether oxygens (including phenoxy) is 1. The number of nitrogen functional groups attached to an aromatic ring is 1. The van der Waals surface area contributed by atoms with Gasteiger partial charge in [0, 0.05) is 6.07 Å². The van der Waals surface area contributed by atoms with E-state index in [2.05, 4.69) is 15.6 Å². The third kappa shape index (κ3) is 4.99. The van der Waals surface area contributed by atoms with E-state index in [-0.39, 0.29) is 18.2 Å². The number of anilines is 3. The van der Waals surface area contributed by atoms with Crippen LogP contribution in [0.2, 0.25) is 0 Å². The van der Waals surface area contributed by atoms with Gasteiger partial charge in [-0.05, 0) is 42.2 Å². The average Bonchev–Trinajstić information content (AvgIpc) is 3.50. The quantitative estimate of drug-likeness (QED) is 0.548. The number of halogens is 2. The maximum Gasteiger partial charge on any atom is 0.412 e. The summed E-state index contributed by atoms with van der Waals surface area (Å²) >= 11 is 0. The first-order valence-electron chi connectivity index (χ1n) is 9.40. The first kappa shape index (κ1) is 21.4. The van der Waals surface area contributed by atoms with Crippen molar-refractivity contribution < 1.29 is 31.3 Å². The number of carbonyl (C=O) groups is 1. The minimum atomic E-state index is -0.543. The van der Waals surface area contributed by atoms with Crippen molar-refractivity contribution in [3.05, 3.63) is 83.7 Å². The molecule has 1 aromatic heterocycles. The number of amides is 1. The number of aromatic amines is 1. The molecule has 0 spiro atoms. The lowest BCUT2D eigenvalue weighted by atomic mass is 10.1. The average molecular weight is 429 g/mol. The summed E-state index contributed by atoms with van der Waals surface area (Å²) in [5.41, 5.74) is 7.85. The number of hydrogen-bond donors (Lipinski definition) is 3. The number of nitrogens with one attached hydrogen (secondary N) is 3. The summed E-state index contributed by atoms with van der Waals surface area (Å²) in [6, 6.07) is 19.4. The second-order valence-electron chi connectivity index (χ2n) is 7.05. The number of hydrogen-bond acceptors (Lipinski definition) is 4. The Bertz CT molecular complexity index is 1010. The summed E-state index contributed by atoms with van der Waals surface area (Å²) in [6.07, 6.45) is 1.06. The zero-order valence-electron chi connectivity index (χ0n) is 16.1. The third-order valence-electron chi connectivity index (χ3n) is 4.90. The molecule has 1 aliphatic rings. The molecule has 1 aliphatic carbocycles. The summed E-state index contributed by atoms with van der Waals surface area (Å²) in [7, 11) is 0. The fourth-order valence-corrected chi connectivity index (χ4v) is 3.14. The third-order valence-corrected chi connectivity index (χ3v) is 4.90. The van der Waals surface area contributed by atoms with Gasteiger partial charge in [0.1, 0.15) is 17.1 Å². The molecule has 5 N–H and O–H groups in total. The number of pyridine rings is 1. The topological polar surface area (TPSA) is 90.5 Å². The lowest BCUT2D eigenvalue weighted by molar-refractivity contribution is -0.342. The van der Waals surface area contributed by atoms with E-state index in [0.717, 1.165) is 24.0 Å². The minimum Gasteiger partial charge on any atom is -1.00 e. The van der Waals surface area contributed by atoms with Crippen molar-refractivity contribution in [2.75, 3.05) is 16.4 Å². The van der Waals surface area contributed by atoms with E-state index in [1.807, 2.05) is 30.3 Å². The Kier molecular flexibility index (Phi) is 6.42. The molecule has 0 bridgehead atoms. The molecule has 0 atom stereocenters. The summed E-state index contributed by atoms with van der Waals surface area (Å²) in [4.78, 5) is 15.4. The van der Waals surface area contributed by atoms with Gasteiger partial charge in [-0.15, -0.1) is 0 Å². The molecule has 1 saturated carbocycles. The largest absolute Gasteiger partial charge is 1.00 e. The molecule has 156 valence electrons. The van der Waals surface area contributed by atoms with Crippen LogP contribution in [0.25, 0.3) is 0 Å². The van der Waals surface area contributed by atoms with Crippen LogP contribution in [0.5, 0.6) is 0 Å². The Morgan fingerprint density at radius 1 is 1.07 bits per heavy atom. The van der Waals surface area contributed by atoms with Crippen molar-refractivity contribution in [3.8, 4) is 0 Å². The van der Waals surface area contributed by atoms with E-state index in [4.69, 9.17) is 10.5 Å². The van der Waals surface area contributed by atoms with E-state index in [9.17, 15) is 9.18 Å². The fraction of sp³-hybridized carbons (Fsp3) is 0.182. The molecule has 8 heteroatoms. The number of benzene rings is 2. The molecule has 0 saturated heterocycles. The number of rotatable bonds is 6. The molecular weight excluding hydrogens is 407 g/mol. The maximum absolute atomic E-state index is 13.0. The Balaban J connectivity index is 0.00000256. The van der Waals surface area contributed by atoms with Crippen molar-refractivity contribution in [1.82, 2.24) is 0 Å². The van der Waals surface area contributed by atoms with Crippen LogP contribution >= 0.6 is 0 Å². The molecule has 1 heterocycles. The number of nitrogens with two attached hydrogens (primary N) is 1. The van der Waals surface area contributed by atoms with Crippen molar-refractivity contribution in [3.63, 3.8) is 0 Å². The van der Waals surface area contributed by atoms with Crippen LogP contribution in [0.4, 0.5) is 26.5 Å². The molecular formula is C22H22ClFN4O2. The Hall–Kier alpha value is -3.32. The van der Waals surface area contributed by atoms with Crippen LogP contribution in [-0.4, -0.2) is 6.09 Å². The zero-order valence-corrected chi connectivity index (χ0v) is 16.9. The van der Waals surface area contributed by atoms with Crippen molar-refractivity contribution in [2.24, 2.45) is 0 Å². The summed E-state index contributed by atoms with van der Waals surface area (Å²) in [5, 5.41) is 5.87. The molecule has 0 unspecified atom stereocenters. The highest BCUT2D eigenvalue weighted by Crippen LogP contribution is 2.49.